The van der Waals surface area contributed by atoms with Gasteiger partial charge in [-0.1, -0.05) is 76.0 Å². The fourth-order valence-corrected chi connectivity index (χ4v) is 5.13. The van der Waals surface area contributed by atoms with Crippen LogP contribution in [0.5, 0.6) is 0 Å². The van der Waals surface area contributed by atoms with Crippen molar-refractivity contribution in [1.29, 1.82) is 0 Å². The molecule has 0 radical (unpaired) electrons. The fraction of sp³-hybridized carbons (Fsp3) is 0.481. The summed E-state index contributed by atoms with van der Waals surface area (Å²) < 4.78 is 26.6. The molecule has 2 amide bonds. The van der Waals surface area contributed by atoms with Gasteiger partial charge < -0.3 is 10.2 Å². The molecule has 7 nitrogen and oxygen atoms in total. The number of rotatable bonds is 12. The summed E-state index contributed by atoms with van der Waals surface area (Å²) in [7, 11) is -3.80. The van der Waals surface area contributed by atoms with Crippen molar-refractivity contribution in [2.45, 2.75) is 59.5 Å². The van der Waals surface area contributed by atoms with Crippen LogP contribution in [0.25, 0.3) is 0 Å². The Balaban J connectivity index is 2.45. The molecule has 204 valence electrons. The Morgan fingerprint density at radius 2 is 1.62 bits per heavy atom. The third kappa shape index (κ3) is 8.90. The summed E-state index contributed by atoms with van der Waals surface area (Å²) in [5, 5.41) is 3.69. The smallest absolute Gasteiger partial charge is 0.244 e. The van der Waals surface area contributed by atoms with Crippen LogP contribution in [0.3, 0.4) is 0 Å². The van der Waals surface area contributed by atoms with Gasteiger partial charge in [0.2, 0.25) is 21.8 Å². The summed E-state index contributed by atoms with van der Waals surface area (Å²) in [6, 6.07) is 11.2. The van der Waals surface area contributed by atoms with Gasteiger partial charge in [-0.3, -0.25) is 13.9 Å². The van der Waals surface area contributed by atoms with Crippen molar-refractivity contribution in [3.63, 3.8) is 0 Å². The normalized spacial score (nSPS) is 12.5. The van der Waals surface area contributed by atoms with Crippen molar-refractivity contribution < 1.29 is 18.0 Å². The van der Waals surface area contributed by atoms with Gasteiger partial charge >= 0.3 is 0 Å². The average Bonchev–Trinajstić information content (AvgIpc) is 2.81. The molecule has 0 aliphatic rings. The Labute approximate surface area is 231 Å². The second kappa shape index (κ2) is 13.5. The van der Waals surface area contributed by atoms with Gasteiger partial charge in [-0.2, -0.15) is 0 Å². The molecule has 2 aromatic rings. The van der Waals surface area contributed by atoms with E-state index in [1.807, 2.05) is 46.8 Å². The standard InChI is InChI=1S/C27H37Cl2N3O4S/c1-7-25(27(34)30-15-18(2)3)31(16-21-8-11-22(28)14-24(21)29)26(33)17-32(37(6,35)36)23-12-9-20(10-13-23)19(4)5/h8-14,18-19,25H,7,15-17H2,1-6H3,(H,30,34)/t25-/m1/s1. The Hall–Kier alpha value is -2.29. The maximum absolute atomic E-state index is 13.7. The van der Waals surface area contributed by atoms with Gasteiger partial charge in [0.05, 0.1) is 11.9 Å². The van der Waals surface area contributed by atoms with E-state index in [1.54, 1.807) is 30.3 Å². The van der Waals surface area contributed by atoms with E-state index in [-0.39, 0.29) is 24.3 Å². The van der Waals surface area contributed by atoms with Crippen LogP contribution in [0.15, 0.2) is 42.5 Å². The van der Waals surface area contributed by atoms with Crippen LogP contribution >= 0.6 is 23.2 Å². The fourth-order valence-electron chi connectivity index (χ4n) is 3.81. The summed E-state index contributed by atoms with van der Waals surface area (Å²) in [6.07, 6.45) is 1.40. The highest BCUT2D eigenvalue weighted by Gasteiger charge is 2.32. The monoisotopic (exact) mass is 569 g/mol. The molecular formula is C27H37Cl2N3O4S. The van der Waals surface area contributed by atoms with E-state index in [2.05, 4.69) is 5.32 Å². The predicted octanol–water partition coefficient (Wildman–Crippen LogP) is 5.46. The maximum Gasteiger partial charge on any atom is 0.244 e. The average molecular weight is 571 g/mol. The van der Waals surface area contributed by atoms with Crippen LogP contribution in [0, 0.1) is 5.92 Å². The molecule has 0 aliphatic carbocycles. The van der Waals surface area contributed by atoms with Crippen molar-refractivity contribution in [2.24, 2.45) is 5.92 Å². The van der Waals surface area contributed by atoms with Crippen molar-refractivity contribution >= 4 is 50.7 Å². The van der Waals surface area contributed by atoms with Gasteiger partial charge in [0.25, 0.3) is 0 Å². The first-order valence-corrected chi connectivity index (χ1v) is 14.9. The molecule has 37 heavy (non-hydrogen) atoms. The molecule has 0 fully saturated rings. The molecule has 0 aromatic heterocycles. The molecule has 0 unspecified atom stereocenters. The Morgan fingerprint density at radius 3 is 2.11 bits per heavy atom. The maximum atomic E-state index is 13.7. The van der Waals surface area contributed by atoms with Crippen LogP contribution in [-0.4, -0.2) is 50.5 Å². The van der Waals surface area contributed by atoms with E-state index >= 15 is 0 Å². The van der Waals surface area contributed by atoms with E-state index in [0.29, 0.717) is 34.3 Å². The highest BCUT2D eigenvalue weighted by Crippen LogP contribution is 2.26. The highest BCUT2D eigenvalue weighted by atomic mass is 35.5. The highest BCUT2D eigenvalue weighted by molar-refractivity contribution is 7.92. The number of hydrogen-bond acceptors (Lipinski definition) is 4. The zero-order chi connectivity index (χ0) is 27.9. The van der Waals surface area contributed by atoms with Gasteiger partial charge in [-0.15, -0.1) is 0 Å². The SMILES string of the molecule is CC[C@H](C(=O)NCC(C)C)N(Cc1ccc(Cl)cc1Cl)C(=O)CN(c1ccc(C(C)C)cc1)S(C)(=O)=O. The summed E-state index contributed by atoms with van der Waals surface area (Å²) in [6.45, 7) is 9.87. The van der Waals surface area contributed by atoms with Gasteiger partial charge in [0.15, 0.2) is 0 Å². The molecule has 10 heteroatoms. The van der Waals surface area contributed by atoms with Crippen LogP contribution < -0.4 is 9.62 Å². The lowest BCUT2D eigenvalue weighted by Gasteiger charge is -2.33. The second-order valence-corrected chi connectivity index (χ2v) is 12.6. The van der Waals surface area contributed by atoms with Crippen LogP contribution in [0.4, 0.5) is 5.69 Å². The molecule has 0 saturated heterocycles. The van der Waals surface area contributed by atoms with E-state index in [4.69, 9.17) is 23.2 Å². The number of sulfonamides is 1. The van der Waals surface area contributed by atoms with Gasteiger partial charge in [-0.25, -0.2) is 8.42 Å². The van der Waals surface area contributed by atoms with Crippen molar-refractivity contribution in [3.05, 3.63) is 63.6 Å². The number of hydrogen-bond donors (Lipinski definition) is 1. The number of amides is 2. The van der Waals surface area contributed by atoms with E-state index in [9.17, 15) is 18.0 Å². The first kappa shape index (κ1) is 30.9. The van der Waals surface area contributed by atoms with Crippen LogP contribution in [0.1, 0.15) is 58.1 Å². The zero-order valence-electron chi connectivity index (χ0n) is 22.3. The van der Waals surface area contributed by atoms with Crippen molar-refractivity contribution in [1.82, 2.24) is 10.2 Å². The van der Waals surface area contributed by atoms with Crippen LogP contribution in [0.2, 0.25) is 10.0 Å². The molecule has 1 atom stereocenters. The molecule has 0 spiro atoms. The largest absolute Gasteiger partial charge is 0.354 e. The lowest BCUT2D eigenvalue weighted by atomic mass is 10.0. The molecule has 0 aliphatic heterocycles. The molecule has 2 rings (SSSR count). The molecule has 0 saturated carbocycles. The second-order valence-electron chi connectivity index (χ2n) is 9.84. The Kier molecular flexibility index (Phi) is 11.3. The summed E-state index contributed by atoms with van der Waals surface area (Å²) in [5.74, 6) is -0.319. The Morgan fingerprint density at radius 1 is 1.00 bits per heavy atom. The van der Waals surface area contributed by atoms with Crippen molar-refractivity contribution in [3.8, 4) is 0 Å². The third-order valence-electron chi connectivity index (χ3n) is 5.95. The topological polar surface area (TPSA) is 86.8 Å². The molecular weight excluding hydrogens is 533 g/mol. The lowest BCUT2D eigenvalue weighted by Crippen LogP contribution is -2.52. The molecule has 0 heterocycles. The first-order chi connectivity index (χ1) is 17.2. The minimum Gasteiger partial charge on any atom is -0.354 e. The number of nitrogens with zero attached hydrogens (tertiary/aromatic N) is 2. The molecule has 0 bridgehead atoms. The van der Waals surface area contributed by atoms with E-state index < -0.39 is 28.5 Å². The third-order valence-corrected chi connectivity index (χ3v) is 7.68. The number of carbonyl (C=O) groups excluding carboxylic acids is 2. The number of carbonyl (C=O) groups is 2. The number of anilines is 1. The number of nitrogens with one attached hydrogen (secondary N) is 1. The summed E-state index contributed by atoms with van der Waals surface area (Å²) >= 11 is 12.4. The van der Waals surface area contributed by atoms with Gasteiger partial charge in [0, 0.05) is 23.1 Å². The predicted molar refractivity (Wildman–Crippen MR) is 152 cm³/mol. The summed E-state index contributed by atoms with van der Waals surface area (Å²) in [4.78, 5) is 28.3. The van der Waals surface area contributed by atoms with E-state index in [0.717, 1.165) is 16.1 Å². The van der Waals surface area contributed by atoms with Crippen molar-refractivity contribution in [2.75, 3.05) is 23.7 Å². The number of benzene rings is 2. The Bertz CT molecular complexity index is 1180. The summed E-state index contributed by atoms with van der Waals surface area (Å²) in [5.41, 5.74) is 2.03. The first-order valence-electron chi connectivity index (χ1n) is 12.3. The minimum absolute atomic E-state index is 0.0202. The van der Waals surface area contributed by atoms with Gasteiger partial charge in [0.1, 0.15) is 12.6 Å². The number of halogens is 2. The molecule has 2 aromatic carbocycles. The van der Waals surface area contributed by atoms with Gasteiger partial charge in [-0.05, 0) is 53.6 Å². The quantitative estimate of drug-likeness (QED) is 0.367. The van der Waals surface area contributed by atoms with Crippen LogP contribution in [-0.2, 0) is 26.2 Å². The lowest BCUT2D eigenvalue weighted by molar-refractivity contribution is -0.140. The zero-order valence-corrected chi connectivity index (χ0v) is 24.6. The minimum atomic E-state index is -3.80. The molecule has 1 N–H and O–H groups in total. The van der Waals surface area contributed by atoms with E-state index in [1.165, 1.54) is 4.90 Å².